The third-order valence-corrected chi connectivity index (χ3v) is 2.41. The molecule has 0 aliphatic carbocycles. The molecule has 0 spiro atoms. The van der Waals surface area contributed by atoms with Crippen LogP contribution in [0.1, 0.15) is 0 Å². The predicted octanol–water partition coefficient (Wildman–Crippen LogP) is -0.0258. The second kappa shape index (κ2) is 6.19. The number of hydrazine groups is 2. The van der Waals surface area contributed by atoms with Gasteiger partial charge in [-0.25, -0.2) is 15.8 Å². The minimum atomic E-state index is 0.526. The number of guanidine groups is 1. The van der Waals surface area contributed by atoms with Crippen molar-refractivity contribution in [2.45, 2.75) is 0 Å². The molecule has 0 bridgehead atoms. The number of hydrogen-bond donors (Lipinski definition) is 3. The topological polar surface area (TPSA) is 74.9 Å². The largest absolute Gasteiger partial charge is 0.379 e. The third kappa shape index (κ3) is 3.70. The molecule has 1 aromatic carbocycles. The summed E-state index contributed by atoms with van der Waals surface area (Å²) in [6.07, 6.45) is 0. The highest BCUT2D eigenvalue weighted by Gasteiger charge is 2.11. The highest BCUT2D eigenvalue weighted by Crippen LogP contribution is 2.09. The summed E-state index contributed by atoms with van der Waals surface area (Å²) in [6.45, 7) is 3.07. The van der Waals surface area contributed by atoms with Gasteiger partial charge >= 0.3 is 0 Å². The van der Waals surface area contributed by atoms with Gasteiger partial charge in [0.15, 0.2) is 0 Å². The summed E-state index contributed by atoms with van der Waals surface area (Å²) < 4.78 is 5.26. The van der Waals surface area contributed by atoms with E-state index >= 15 is 0 Å². The van der Waals surface area contributed by atoms with Gasteiger partial charge in [-0.05, 0) is 12.1 Å². The Morgan fingerprint density at radius 3 is 2.59 bits per heavy atom. The average Bonchev–Trinajstić information content (AvgIpc) is 2.40. The maximum atomic E-state index is 5.44. The van der Waals surface area contributed by atoms with Crippen molar-refractivity contribution in [3.05, 3.63) is 30.3 Å². The van der Waals surface area contributed by atoms with Crippen molar-refractivity contribution in [1.29, 1.82) is 0 Å². The molecule has 0 radical (unpaired) electrons. The lowest BCUT2D eigenvalue weighted by atomic mass is 10.3. The normalized spacial score (nSPS) is 17.8. The number of hydrogen-bond acceptors (Lipinski definition) is 4. The summed E-state index contributed by atoms with van der Waals surface area (Å²) in [5, 5.41) is 2.02. The fourth-order valence-corrected chi connectivity index (χ4v) is 1.55. The minimum Gasteiger partial charge on any atom is -0.379 e. The standard InChI is InChI=1S/C11H17N5O/c12-14-11(13-10-4-2-1-3-5-10)15-16-6-8-17-9-7-16/h1-5H,6-9,12H2,(H2,13,14,15). The van der Waals surface area contributed by atoms with E-state index in [1.165, 1.54) is 0 Å². The van der Waals surface area contributed by atoms with Crippen LogP contribution in [0.25, 0.3) is 0 Å². The number of para-hydroxylation sites is 1. The van der Waals surface area contributed by atoms with Gasteiger partial charge < -0.3 is 4.74 Å². The summed E-state index contributed by atoms with van der Waals surface area (Å²) >= 11 is 0. The lowest BCUT2D eigenvalue weighted by molar-refractivity contribution is 0.0242. The van der Waals surface area contributed by atoms with Gasteiger partial charge in [-0.1, -0.05) is 18.2 Å². The Morgan fingerprint density at radius 1 is 1.24 bits per heavy atom. The van der Waals surface area contributed by atoms with Crippen molar-refractivity contribution < 1.29 is 4.74 Å². The zero-order valence-corrected chi connectivity index (χ0v) is 9.60. The van der Waals surface area contributed by atoms with Gasteiger partial charge in [0.05, 0.1) is 18.9 Å². The molecule has 6 heteroatoms. The Labute approximate surface area is 100 Å². The van der Waals surface area contributed by atoms with Crippen LogP contribution >= 0.6 is 0 Å². The molecule has 1 aromatic rings. The Bertz CT molecular complexity index is 361. The minimum absolute atomic E-state index is 0.526. The van der Waals surface area contributed by atoms with E-state index in [0.717, 1.165) is 32.0 Å². The molecule has 17 heavy (non-hydrogen) atoms. The second-order valence-corrected chi connectivity index (χ2v) is 3.65. The van der Waals surface area contributed by atoms with Crippen LogP contribution < -0.4 is 16.7 Å². The van der Waals surface area contributed by atoms with Crippen LogP contribution in [-0.2, 0) is 4.74 Å². The number of ether oxygens (including phenoxy) is 1. The number of rotatable bonds is 2. The zero-order valence-electron chi connectivity index (χ0n) is 9.60. The molecule has 1 fully saturated rings. The molecule has 0 atom stereocenters. The van der Waals surface area contributed by atoms with Gasteiger partial charge in [-0.3, -0.25) is 10.9 Å². The Morgan fingerprint density at radius 2 is 1.94 bits per heavy atom. The maximum Gasteiger partial charge on any atom is 0.225 e. The molecular formula is C11H17N5O. The van der Waals surface area contributed by atoms with Crippen LogP contribution in [0.5, 0.6) is 0 Å². The number of aliphatic imine (C=N–C) groups is 1. The Balaban J connectivity index is 1.98. The van der Waals surface area contributed by atoms with Gasteiger partial charge in [0.1, 0.15) is 0 Å². The molecule has 0 saturated carbocycles. The Hall–Kier alpha value is -1.63. The van der Waals surface area contributed by atoms with Crippen molar-refractivity contribution >= 4 is 11.6 Å². The van der Waals surface area contributed by atoms with E-state index in [1.54, 1.807) is 0 Å². The molecular weight excluding hydrogens is 218 g/mol. The lowest BCUT2D eigenvalue weighted by Gasteiger charge is -2.28. The Kier molecular flexibility index (Phi) is 4.31. The fourth-order valence-electron chi connectivity index (χ4n) is 1.55. The second-order valence-electron chi connectivity index (χ2n) is 3.65. The van der Waals surface area contributed by atoms with E-state index in [9.17, 15) is 0 Å². The van der Waals surface area contributed by atoms with E-state index < -0.39 is 0 Å². The number of morpholine rings is 1. The number of nitrogens with two attached hydrogens (primary N) is 1. The van der Waals surface area contributed by atoms with Gasteiger partial charge in [0.25, 0.3) is 0 Å². The molecule has 2 rings (SSSR count). The van der Waals surface area contributed by atoms with Gasteiger partial charge in [0.2, 0.25) is 5.96 Å². The smallest absolute Gasteiger partial charge is 0.225 e. The van der Waals surface area contributed by atoms with Gasteiger partial charge in [-0.15, -0.1) is 0 Å². The monoisotopic (exact) mass is 235 g/mol. The lowest BCUT2D eigenvalue weighted by Crippen LogP contribution is -2.53. The van der Waals surface area contributed by atoms with E-state index in [1.807, 2.05) is 35.3 Å². The van der Waals surface area contributed by atoms with Crippen LogP contribution in [0.4, 0.5) is 5.69 Å². The van der Waals surface area contributed by atoms with Crippen molar-refractivity contribution in [1.82, 2.24) is 15.9 Å². The molecule has 1 saturated heterocycles. The van der Waals surface area contributed by atoms with Crippen molar-refractivity contribution in [2.24, 2.45) is 10.8 Å². The molecule has 0 unspecified atom stereocenters. The third-order valence-electron chi connectivity index (χ3n) is 2.41. The summed E-state index contributed by atoms with van der Waals surface area (Å²) in [5.41, 5.74) is 6.52. The van der Waals surface area contributed by atoms with E-state index in [0.29, 0.717) is 5.96 Å². The summed E-state index contributed by atoms with van der Waals surface area (Å²) in [5.74, 6) is 5.96. The number of benzene rings is 1. The molecule has 1 aliphatic rings. The molecule has 1 heterocycles. The van der Waals surface area contributed by atoms with E-state index in [4.69, 9.17) is 10.6 Å². The van der Waals surface area contributed by atoms with E-state index in [2.05, 4.69) is 15.8 Å². The van der Waals surface area contributed by atoms with Crippen molar-refractivity contribution in [2.75, 3.05) is 26.3 Å². The molecule has 92 valence electrons. The molecule has 1 aliphatic heterocycles. The summed E-state index contributed by atoms with van der Waals surface area (Å²) in [6, 6.07) is 9.64. The molecule has 6 nitrogen and oxygen atoms in total. The van der Waals surface area contributed by atoms with Crippen LogP contribution in [-0.4, -0.2) is 37.3 Å². The first-order valence-corrected chi connectivity index (χ1v) is 5.58. The van der Waals surface area contributed by atoms with Crippen molar-refractivity contribution in [3.63, 3.8) is 0 Å². The highest BCUT2D eigenvalue weighted by molar-refractivity contribution is 5.81. The van der Waals surface area contributed by atoms with Crippen LogP contribution in [0.3, 0.4) is 0 Å². The van der Waals surface area contributed by atoms with Crippen LogP contribution in [0.2, 0.25) is 0 Å². The summed E-state index contributed by atoms with van der Waals surface area (Å²) in [4.78, 5) is 4.36. The predicted molar refractivity (Wildman–Crippen MR) is 66.4 cm³/mol. The average molecular weight is 235 g/mol. The molecule has 0 aromatic heterocycles. The first kappa shape index (κ1) is 11.8. The SMILES string of the molecule is NNC(=Nc1ccccc1)NN1CCOCC1. The van der Waals surface area contributed by atoms with Crippen molar-refractivity contribution in [3.8, 4) is 0 Å². The number of nitrogens with one attached hydrogen (secondary N) is 2. The number of nitrogens with zero attached hydrogens (tertiary/aromatic N) is 2. The zero-order chi connectivity index (χ0) is 11.9. The van der Waals surface area contributed by atoms with E-state index in [-0.39, 0.29) is 0 Å². The maximum absolute atomic E-state index is 5.44. The van der Waals surface area contributed by atoms with Crippen LogP contribution in [0.15, 0.2) is 35.3 Å². The highest BCUT2D eigenvalue weighted by atomic mass is 16.5. The summed E-state index contributed by atoms with van der Waals surface area (Å²) in [7, 11) is 0. The van der Waals surface area contributed by atoms with Gasteiger partial charge in [-0.2, -0.15) is 0 Å². The quantitative estimate of drug-likeness (QED) is 0.290. The first-order valence-electron chi connectivity index (χ1n) is 5.58. The first-order chi connectivity index (χ1) is 8.38. The van der Waals surface area contributed by atoms with Gasteiger partial charge in [0, 0.05) is 13.1 Å². The molecule has 4 N–H and O–H groups in total. The fraction of sp³-hybridized carbons (Fsp3) is 0.364. The molecule has 0 amide bonds. The van der Waals surface area contributed by atoms with Crippen LogP contribution in [0, 0.1) is 0 Å².